The van der Waals surface area contributed by atoms with E-state index in [9.17, 15) is 0 Å². The lowest BCUT2D eigenvalue weighted by atomic mass is 9.89. The van der Waals surface area contributed by atoms with E-state index in [4.69, 9.17) is 4.74 Å². The molecule has 1 atom stereocenters. The molecule has 94 valence electrons. The van der Waals surface area contributed by atoms with Gasteiger partial charge in [-0.2, -0.15) is 0 Å². The minimum atomic E-state index is 0.423. The average Bonchev–Trinajstić information content (AvgIpc) is 2.38. The second-order valence-corrected chi connectivity index (χ2v) is 4.81. The lowest BCUT2D eigenvalue weighted by Crippen LogP contribution is -2.24. The van der Waals surface area contributed by atoms with Crippen molar-refractivity contribution in [3.63, 3.8) is 0 Å². The van der Waals surface area contributed by atoms with Gasteiger partial charge in [0.1, 0.15) is 0 Å². The molecular weight excluding hydrogens is 212 g/mol. The highest BCUT2D eigenvalue weighted by molar-refractivity contribution is 5.22. The van der Waals surface area contributed by atoms with Crippen molar-refractivity contribution in [2.75, 3.05) is 20.3 Å². The quantitative estimate of drug-likeness (QED) is 0.869. The summed E-state index contributed by atoms with van der Waals surface area (Å²) in [5.74, 6) is 0.779. The van der Waals surface area contributed by atoms with Crippen LogP contribution in [-0.2, 0) is 4.74 Å². The molecule has 0 spiro atoms. The van der Waals surface area contributed by atoms with Gasteiger partial charge in [0.05, 0.1) is 0 Å². The molecule has 0 saturated carbocycles. The molecule has 0 aliphatic carbocycles. The molecule has 3 nitrogen and oxygen atoms in total. The van der Waals surface area contributed by atoms with Crippen molar-refractivity contribution >= 4 is 0 Å². The Morgan fingerprint density at radius 1 is 1.47 bits per heavy atom. The lowest BCUT2D eigenvalue weighted by Gasteiger charge is -2.27. The summed E-state index contributed by atoms with van der Waals surface area (Å²) in [4.78, 5) is 4.38. The summed E-state index contributed by atoms with van der Waals surface area (Å²) in [5.41, 5.74) is 2.47. The van der Waals surface area contributed by atoms with Crippen molar-refractivity contribution in [2.45, 2.75) is 32.2 Å². The highest BCUT2D eigenvalue weighted by Gasteiger charge is 2.20. The molecule has 0 radical (unpaired) electrons. The molecule has 1 unspecified atom stereocenters. The number of nitrogens with zero attached hydrogens (tertiary/aromatic N) is 1. The van der Waals surface area contributed by atoms with Crippen LogP contribution in [0.5, 0.6) is 0 Å². The number of hydrogen-bond acceptors (Lipinski definition) is 3. The molecule has 1 aromatic heterocycles. The van der Waals surface area contributed by atoms with E-state index in [-0.39, 0.29) is 0 Å². The van der Waals surface area contributed by atoms with Gasteiger partial charge in [-0.3, -0.25) is 4.98 Å². The second kappa shape index (κ2) is 6.12. The van der Waals surface area contributed by atoms with Crippen LogP contribution >= 0.6 is 0 Å². The van der Waals surface area contributed by atoms with Gasteiger partial charge in [0.25, 0.3) is 0 Å². The molecule has 1 aliphatic heterocycles. The van der Waals surface area contributed by atoms with Crippen molar-refractivity contribution < 1.29 is 4.74 Å². The Hall–Kier alpha value is -0.930. The van der Waals surface area contributed by atoms with Crippen molar-refractivity contribution in [1.82, 2.24) is 10.3 Å². The molecule has 1 saturated heterocycles. The SMILES string of the molecule is CNC(CC1CCOCC1)c1cccnc1C. The van der Waals surface area contributed by atoms with Crippen LogP contribution in [0.15, 0.2) is 18.3 Å². The van der Waals surface area contributed by atoms with Crippen LogP contribution in [0.4, 0.5) is 0 Å². The molecule has 1 aliphatic rings. The minimum absolute atomic E-state index is 0.423. The number of hydrogen-bond donors (Lipinski definition) is 1. The zero-order valence-electron chi connectivity index (χ0n) is 10.8. The molecule has 1 N–H and O–H groups in total. The molecule has 0 amide bonds. The van der Waals surface area contributed by atoms with E-state index in [2.05, 4.69) is 23.3 Å². The molecule has 1 fully saturated rings. The first-order chi connectivity index (χ1) is 8.31. The van der Waals surface area contributed by atoms with Gasteiger partial charge in [0, 0.05) is 31.1 Å². The summed E-state index contributed by atoms with van der Waals surface area (Å²) < 4.78 is 5.41. The highest BCUT2D eigenvalue weighted by Crippen LogP contribution is 2.28. The Labute approximate surface area is 104 Å². The molecule has 2 heterocycles. The first kappa shape index (κ1) is 12.5. The summed E-state index contributed by atoms with van der Waals surface area (Å²) in [7, 11) is 2.04. The standard InChI is InChI=1S/C14H22N2O/c1-11-13(4-3-7-16-11)14(15-2)10-12-5-8-17-9-6-12/h3-4,7,12,14-15H,5-6,8-10H2,1-2H3. The van der Waals surface area contributed by atoms with Crippen LogP contribution < -0.4 is 5.32 Å². The van der Waals surface area contributed by atoms with Crippen LogP contribution in [-0.4, -0.2) is 25.2 Å². The van der Waals surface area contributed by atoms with E-state index in [0.29, 0.717) is 6.04 Å². The largest absolute Gasteiger partial charge is 0.381 e. The summed E-state index contributed by atoms with van der Waals surface area (Å²) in [6.45, 7) is 3.93. The number of nitrogens with one attached hydrogen (secondary N) is 1. The van der Waals surface area contributed by atoms with Gasteiger partial charge in [-0.15, -0.1) is 0 Å². The fourth-order valence-electron chi connectivity index (χ4n) is 2.58. The predicted octanol–water partition coefficient (Wildman–Crippen LogP) is 2.47. The smallest absolute Gasteiger partial charge is 0.0468 e. The number of aryl methyl sites for hydroxylation is 1. The minimum Gasteiger partial charge on any atom is -0.381 e. The predicted molar refractivity (Wildman–Crippen MR) is 68.9 cm³/mol. The Morgan fingerprint density at radius 3 is 2.88 bits per heavy atom. The third kappa shape index (κ3) is 3.27. The normalized spacial score (nSPS) is 19.2. The lowest BCUT2D eigenvalue weighted by molar-refractivity contribution is 0.0607. The van der Waals surface area contributed by atoms with E-state index >= 15 is 0 Å². The van der Waals surface area contributed by atoms with E-state index in [1.807, 2.05) is 19.3 Å². The Kier molecular flexibility index (Phi) is 4.51. The number of ether oxygens (including phenoxy) is 1. The zero-order valence-corrected chi connectivity index (χ0v) is 10.8. The van der Waals surface area contributed by atoms with E-state index in [1.165, 1.54) is 24.8 Å². The van der Waals surface area contributed by atoms with Gasteiger partial charge in [-0.05, 0) is 50.8 Å². The van der Waals surface area contributed by atoms with E-state index in [0.717, 1.165) is 24.8 Å². The molecular formula is C14H22N2O. The van der Waals surface area contributed by atoms with Crippen molar-refractivity contribution in [3.8, 4) is 0 Å². The maximum absolute atomic E-state index is 5.41. The van der Waals surface area contributed by atoms with Gasteiger partial charge in [0.15, 0.2) is 0 Å². The van der Waals surface area contributed by atoms with E-state index < -0.39 is 0 Å². The van der Waals surface area contributed by atoms with Crippen molar-refractivity contribution in [3.05, 3.63) is 29.6 Å². The van der Waals surface area contributed by atoms with E-state index in [1.54, 1.807) is 0 Å². The zero-order chi connectivity index (χ0) is 12.1. The molecule has 0 bridgehead atoms. The van der Waals surface area contributed by atoms with Crippen LogP contribution in [0, 0.1) is 12.8 Å². The number of rotatable bonds is 4. The third-order valence-electron chi connectivity index (χ3n) is 3.68. The molecule has 1 aromatic rings. The van der Waals surface area contributed by atoms with Crippen molar-refractivity contribution in [2.24, 2.45) is 5.92 Å². The average molecular weight is 234 g/mol. The Balaban J connectivity index is 2.03. The monoisotopic (exact) mass is 234 g/mol. The molecule has 3 heteroatoms. The summed E-state index contributed by atoms with van der Waals surface area (Å²) >= 11 is 0. The van der Waals surface area contributed by atoms with Crippen LogP contribution in [0.3, 0.4) is 0 Å². The molecule has 17 heavy (non-hydrogen) atoms. The topological polar surface area (TPSA) is 34.1 Å². The van der Waals surface area contributed by atoms with Gasteiger partial charge in [-0.25, -0.2) is 0 Å². The fraction of sp³-hybridized carbons (Fsp3) is 0.643. The second-order valence-electron chi connectivity index (χ2n) is 4.81. The maximum atomic E-state index is 5.41. The van der Waals surface area contributed by atoms with Gasteiger partial charge >= 0.3 is 0 Å². The number of pyridine rings is 1. The molecule has 2 rings (SSSR count). The first-order valence-corrected chi connectivity index (χ1v) is 6.47. The number of aromatic nitrogens is 1. The van der Waals surface area contributed by atoms with Crippen LogP contribution in [0.1, 0.15) is 36.6 Å². The summed E-state index contributed by atoms with van der Waals surface area (Å²) in [6, 6.07) is 4.63. The molecule has 0 aromatic carbocycles. The van der Waals surface area contributed by atoms with Crippen LogP contribution in [0.25, 0.3) is 0 Å². The maximum Gasteiger partial charge on any atom is 0.0468 e. The Bertz CT molecular complexity index is 348. The summed E-state index contributed by atoms with van der Waals surface area (Å²) in [5, 5.41) is 3.43. The first-order valence-electron chi connectivity index (χ1n) is 6.47. The Morgan fingerprint density at radius 2 is 2.24 bits per heavy atom. The van der Waals surface area contributed by atoms with Crippen LogP contribution in [0.2, 0.25) is 0 Å². The highest BCUT2D eigenvalue weighted by atomic mass is 16.5. The van der Waals surface area contributed by atoms with Gasteiger partial charge < -0.3 is 10.1 Å². The summed E-state index contributed by atoms with van der Waals surface area (Å²) in [6.07, 6.45) is 5.43. The van der Waals surface area contributed by atoms with Gasteiger partial charge in [0.2, 0.25) is 0 Å². The fourth-order valence-corrected chi connectivity index (χ4v) is 2.58. The van der Waals surface area contributed by atoms with Crippen molar-refractivity contribution in [1.29, 1.82) is 0 Å². The third-order valence-corrected chi connectivity index (χ3v) is 3.68. The van der Waals surface area contributed by atoms with Gasteiger partial charge in [-0.1, -0.05) is 6.07 Å².